The lowest BCUT2D eigenvalue weighted by molar-refractivity contribution is 0.397. The van der Waals surface area contributed by atoms with Crippen LogP contribution in [0.25, 0.3) is 10.9 Å². The highest BCUT2D eigenvalue weighted by molar-refractivity contribution is 5.91. The summed E-state index contributed by atoms with van der Waals surface area (Å²) in [5.74, 6) is 1.58. The monoisotopic (exact) mass is 234 g/mol. The van der Waals surface area contributed by atoms with E-state index in [0.717, 1.165) is 28.0 Å². The third kappa shape index (κ3) is 1.85. The van der Waals surface area contributed by atoms with Gasteiger partial charge in [0.15, 0.2) is 0 Å². The minimum absolute atomic E-state index is 0.0180. The molecular formula is C13H18N2O2. The summed E-state index contributed by atoms with van der Waals surface area (Å²) >= 11 is 0. The first-order chi connectivity index (χ1) is 8.08. The summed E-state index contributed by atoms with van der Waals surface area (Å²) in [6.07, 6.45) is 2.04. The molecule has 0 aliphatic heterocycles. The molecule has 2 aromatic rings. The molecule has 0 amide bonds. The van der Waals surface area contributed by atoms with Gasteiger partial charge in [-0.05, 0) is 18.6 Å². The fraction of sp³-hybridized carbons (Fsp3) is 0.385. The maximum absolute atomic E-state index is 5.98. The molecule has 2 N–H and O–H groups in total. The minimum atomic E-state index is -0.0180. The van der Waals surface area contributed by atoms with Crippen molar-refractivity contribution in [3.05, 3.63) is 23.9 Å². The Morgan fingerprint density at radius 2 is 1.94 bits per heavy atom. The van der Waals surface area contributed by atoms with Gasteiger partial charge in [0.05, 0.1) is 19.7 Å². The van der Waals surface area contributed by atoms with E-state index >= 15 is 0 Å². The Kier molecular flexibility index (Phi) is 2.98. The Morgan fingerprint density at radius 1 is 1.24 bits per heavy atom. The number of aryl methyl sites for hydroxylation is 1. The van der Waals surface area contributed by atoms with E-state index in [0.29, 0.717) is 0 Å². The van der Waals surface area contributed by atoms with E-state index in [1.54, 1.807) is 14.2 Å². The molecule has 17 heavy (non-hydrogen) atoms. The number of hydrogen-bond donors (Lipinski definition) is 1. The van der Waals surface area contributed by atoms with Gasteiger partial charge < -0.3 is 19.8 Å². The summed E-state index contributed by atoms with van der Waals surface area (Å²) in [6, 6.07) is 3.86. The zero-order valence-corrected chi connectivity index (χ0v) is 10.7. The molecule has 0 aliphatic rings. The summed E-state index contributed by atoms with van der Waals surface area (Å²) in [5, 5.41) is 1.08. The van der Waals surface area contributed by atoms with Crippen LogP contribution >= 0.6 is 0 Å². The van der Waals surface area contributed by atoms with Crippen LogP contribution in [0.2, 0.25) is 0 Å². The molecule has 0 saturated heterocycles. The second-order valence-corrected chi connectivity index (χ2v) is 4.21. The van der Waals surface area contributed by atoms with Crippen LogP contribution in [0.5, 0.6) is 11.5 Å². The Bertz CT molecular complexity index is 544. The molecule has 1 aromatic heterocycles. The average Bonchev–Trinajstić information content (AvgIpc) is 2.66. The smallest absolute Gasteiger partial charge is 0.146 e. The van der Waals surface area contributed by atoms with Gasteiger partial charge in [-0.1, -0.05) is 0 Å². The van der Waals surface area contributed by atoms with Crippen LogP contribution in [0.3, 0.4) is 0 Å². The standard InChI is InChI=1S/C13H18N2O2/c1-8(14)11-7-15(2)13-10(11)5-9(16-3)6-12(13)17-4/h5-8H,14H2,1-4H3. The van der Waals surface area contributed by atoms with Crippen molar-refractivity contribution in [3.8, 4) is 11.5 Å². The van der Waals surface area contributed by atoms with Gasteiger partial charge in [-0.25, -0.2) is 0 Å². The van der Waals surface area contributed by atoms with Crippen LogP contribution in [0.4, 0.5) is 0 Å². The summed E-state index contributed by atoms with van der Waals surface area (Å²) < 4.78 is 12.7. The normalized spacial score (nSPS) is 12.8. The number of ether oxygens (including phenoxy) is 2. The molecule has 4 nitrogen and oxygen atoms in total. The highest BCUT2D eigenvalue weighted by atomic mass is 16.5. The minimum Gasteiger partial charge on any atom is -0.497 e. The number of aromatic nitrogens is 1. The van der Waals surface area contributed by atoms with E-state index in [-0.39, 0.29) is 6.04 Å². The van der Waals surface area contributed by atoms with E-state index in [4.69, 9.17) is 15.2 Å². The number of nitrogens with zero attached hydrogens (tertiary/aromatic N) is 1. The predicted molar refractivity (Wildman–Crippen MR) is 68.6 cm³/mol. The van der Waals surface area contributed by atoms with Crippen molar-refractivity contribution in [1.82, 2.24) is 4.57 Å². The molecule has 1 unspecified atom stereocenters. The van der Waals surface area contributed by atoms with Gasteiger partial charge in [-0.3, -0.25) is 0 Å². The van der Waals surface area contributed by atoms with E-state index in [2.05, 4.69) is 0 Å². The molecule has 1 atom stereocenters. The van der Waals surface area contributed by atoms with Crippen LogP contribution in [0, 0.1) is 0 Å². The molecule has 0 saturated carbocycles. The Balaban J connectivity index is 2.81. The van der Waals surface area contributed by atoms with Crippen molar-refractivity contribution < 1.29 is 9.47 Å². The molecule has 0 fully saturated rings. The topological polar surface area (TPSA) is 49.4 Å². The Labute approximate surface area is 101 Å². The molecule has 0 spiro atoms. The average molecular weight is 234 g/mol. The van der Waals surface area contributed by atoms with Crippen molar-refractivity contribution in [2.24, 2.45) is 12.8 Å². The fourth-order valence-corrected chi connectivity index (χ4v) is 2.15. The molecule has 4 heteroatoms. The molecule has 2 rings (SSSR count). The maximum Gasteiger partial charge on any atom is 0.146 e. The zero-order valence-electron chi connectivity index (χ0n) is 10.7. The predicted octanol–water partition coefficient (Wildman–Crippen LogP) is 2.22. The number of fused-ring (bicyclic) bond motifs is 1. The van der Waals surface area contributed by atoms with Gasteiger partial charge in [0.25, 0.3) is 0 Å². The van der Waals surface area contributed by atoms with Gasteiger partial charge in [0.2, 0.25) is 0 Å². The number of benzene rings is 1. The Morgan fingerprint density at radius 3 is 2.47 bits per heavy atom. The molecule has 0 radical (unpaired) electrons. The SMILES string of the molecule is COc1cc(OC)c2c(c1)c(C(C)N)cn2C. The summed E-state index contributed by atoms with van der Waals surface area (Å²) in [5.41, 5.74) is 8.12. The number of rotatable bonds is 3. The van der Waals surface area contributed by atoms with Crippen molar-refractivity contribution in [2.45, 2.75) is 13.0 Å². The second kappa shape index (κ2) is 4.30. The maximum atomic E-state index is 5.98. The molecule has 1 aromatic carbocycles. The number of hydrogen-bond acceptors (Lipinski definition) is 3. The fourth-order valence-electron chi connectivity index (χ4n) is 2.15. The van der Waals surface area contributed by atoms with E-state index in [9.17, 15) is 0 Å². The molecule has 0 bridgehead atoms. The lowest BCUT2D eigenvalue weighted by Crippen LogP contribution is -2.03. The van der Waals surface area contributed by atoms with E-state index in [1.807, 2.05) is 36.9 Å². The highest BCUT2D eigenvalue weighted by Gasteiger charge is 2.15. The van der Waals surface area contributed by atoms with Crippen molar-refractivity contribution >= 4 is 10.9 Å². The van der Waals surface area contributed by atoms with Crippen LogP contribution in [-0.4, -0.2) is 18.8 Å². The first kappa shape index (κ1) is 11.8. The van der Waals surface area contributed by atoms with Gasteiger partial charge in [0, 0.05) is 30.7 Å². The third-order valence-corrected chi connectivity index (χ3v) is 2.99. The van der Waals surface area contributed by atoms with Gasteiger partial charge in [-0.15, -0.1) is 0 Å². The summed E-state index contributed by atoms with van der Waals surface area (Å²) in [6.45, 7) is 1.97. The van der Waals surface area contributed by atoms with Crippen LogP contribution in [0.15, 0.2) is 18.3 Å². The van der Waals surface area contributed by atoms with Gasteiger partial charge >= 0.3 is 0 Å². The Hall–Kier alpha value is -1.68. The summed E-state index contributed by atoms with van der Waals surface area (Å²) in [4.78, 5) is 0. The number of nitrogens with two attached hydrogens (primary N) is 1. The lowest BCUT2D eigenvalue weighted by Gasteiger charge is -2.08. The third-order valence-electron chi connectivity index (χ3n) is 2.99. The van der Waals surface area contributed by atoms with E-state index in [1.165, 1.54) is 0 Å². The molecular weight excluding hydrogens is 216 g/mol. The van der Waals surface area contributed by atoms with Gasteiger partial charge in [-0.2, -0.15) is 0 Å². The zero-order chi connectivity index (χ0) is 12.6. The molecule has 0 aliphatic carbocycles. The van der Waals surface area contributed by atoms with Crippen LogP contribution in [0.1, 0.15) is 18.5 Å². The summed E-state index contributed by atoms with van der Waals surface area (Å²) in [7, 11) is 5.30. The molecule has 92 valence electrons. The highest BCUT2D eigenvalue weighted by Crippen LogP contribution is 2.35. The first-order valence-electron chi connectivity index (χ1n) is 5.55. The van der Waals surface area contributed by atoms with Crippen molar-refractivity contribution in [3.63, 3.8) is 0 Å². The van der Waals surface area contributed by atoms with Crippen molar-refractivity contribution in [2.75, 3.05) is 14.2 Å². The van der Waals surface area contributed by atoms with Crippen LogP contribution < -0.4 is 15.2 Å². The first-order valence-corrected chi connectivity index (χ1v) is 5.55. The van der Waals surface area contributed by atoms with Crippen LogP contribution in [-0.2, 0) is 7.05 Å². The number of methoxy groups -OCH3 is 2. The lowest BCUT2D eigenvalue weighted by atomic mass is 10.1. The largest absolute Gasteiger partial charge is 0.497 e. The quantitative estimate of drug-likeness (QED) is 0.885. The van der Waals surface area contributed by atoms with Crippen molar-refractivity contribution in [1.29, 1.82) is 0 Å². The molecule has 1 heterocycles. The van der Waals surface area contributed by atoms with E-state index < -0.39 is 0 Å². The van der Waals surface area contributed by atoms with Gasteiger partial charge in [0.1, 0.15) is 11.5 Å². The second-order valence-electron chi connectivity index (χ2n) is 4.21.